The molecule has 0 fully saturated rings. The number of aromatic nitrogens is 1. The number of benzene rings is 2. The van der Waals surface area contributed by atoms with E-state index in [9.17, 15) is 9.90 Å². The fraction of sp³-hybridized carbons (Fsp3) is 0.304. The fourth-order valence-corrected chi connectivity index (χ4v) is 5.38. The molecule has 0 bridgehead atoms. The average molecular weight is 458 g/mol. The Morgan fingerprint density at radius 2 is 2.16 bits per heavy atom. The van der Waals surface area contributed by atoms with Crippen LogP contribution in [0.4, 0.5) is 0 Å². The number of hydroxylamine groups is 1. The molecule has 8 heteroatoms. The number of fused-ring (bicyclic) bond motifs is 2. The van der Waals surface area contributed by atoms with E-state index in [4.69, 9.17) is 21.8 Å². The van der Waals surface area contributed by atoms with Crippen molar-refractivity contribution in [3.63, 3.8) is 0 Å². The van der Waals surface area contributed by atoms with Gasteiger partial charge in [0.05, 0.1) is 21.8 Å². The number of nitrogens with zero attached hydrogens (tertiary/aromatic N) is 2. The maximum absolute atomic E-state index is 11.2. The van der Waals surface area contributed by atoms with Crippen LogP contribution in [0.2, 0.25) is 5.02 Å². The van der Waals surface area contributed by atoms with Crippen LogP contribution in [0.1, 0.15) is 34.2 Å². The van der Waals surface area contributed by atoms with Crippen LogP contribution >= 0.6 is 22.9 Å². The van der Waals surface area contributed by atoms with E-state index in [1.807, 2.05) is 24.3 Å². The third-order valence-electron chi connectivity index (χ3n) is 5.59. The van der Waals surface area contributed by atoms with Crippen LogP contribution in [0.3, 0.4) is 0 Å². The van der Waals surface area contributed by atoms with Crippen molar-refractivity contribution in [1.82, 2.24) is 15.4 Å². The number of halogens is 1. The lowest BCUT2D eigenvalue weighted by Crippen LogP contribution is -2.32. The van der Waals surface area contributed by atoms with Crippen LogP contribution in [0, 0.1) is 0 Å². The Morgan fingerprint density at radius 3 is 2.97 bits per heavy atom. The number of aliphatic hydroxyl groups is 1. The van der Waals surface area contributed by atoms with Crippen LogP contribution in [0.15, 0.2) is 42.5 Å². The van der Waals surface area contributed by atoms with Crippen molar-refractivity contribution in [2.45, 2.75) is 25.3 Å². The maximum atomic E-state index is 11.2. The van der Waals surface area contributed by atoms with E-state index in [1.165, 1.54) is 17.2 Å². The predicted molar refractivity (Wildman–Crippen MR) is 123 cm³/mol. The number of carbonyl (C=O) groups excluding carboxylic acids is 1. The van der Waals surface area contributed by atoms with Crippen molar-refractivity contribution in [2.24, 2.45) is 0 Å². The van der Waals surface area contributed by atoms with Crippen molar-refractivity contribution in [3.8, 4) is 0 Å². The third-order valence-corrected chi connectivity index (χ3v) is 6.90. The molecule has 1 aromatic heterocycles. The second-order valence-corrected chi connectivity index (χ2v) is 9.10. The summed E-state index contributed by atoms with van der Waals surface area (Å²) in [4.78, 5) is 18.3. The molecule has 1 unspecified atom stereocenters. The molecule has 0 saturated carbocycles. The SMILES string of the molecule is O=C(/C=C/c1ccc2c(c1)CCC2N(CCO)CCc1nc2ccc(Cl)cc2s1)NO. The zero-order chi connectivity index (χ0) is 21.8. The first-order valence-electron chi connectivity index (χ1n) is 10.2. The summed E-state index contributed by atoms with van der Waals surface area (Å²) < 4.78 is 1.10. The molecule has 31 heavy (non-hydrogen) atoms. The largest absolute Gasteiger partial charge is 0.395 e. The van der Waals surface area contributed by atoms with Gasteiger partial charge < -0.3 is 5.11 Å². The molecule has 1 heterocycles. The van der Waals surface area contributed by atoms with Crippen molar-refractivity contribution >= 4 is 45.1 Å². The van der Waals surface area contributed by atoms with Crippen LogP contribution < -0.4 is 5.48 Å². The molecule has 6 nitrogen and oxygen atoms in total. The van der Waals surface area contributed by atoms with Crippen molar-refractivity contribution in [3.05, 3.63) is 69.2 Å². The number of aliphatic hydroxyl groups excluding tert-OH is 1. The first-order valence-corrected chi connectivity index (χ1v) is 11.4. The summed E-state index contributed by atoms with van der Waals surface area (Å²) in [7, 11) is 0. The van der Waals surface area contributed by atoms with Gasteiger partial charge in [0.2, 0.25) is 0 Å². The number of carbonyl (C=O) groups is 1. The number of hydrogen-bond donors (Lipinski definition) is 3. The number of rotatable bonds is 8. The van der Waals surface area contributed by atoms with Crippen molar-refractivity contribution in [1.29, 1.82) is 0 Å². The van der Waals surface area contributed by atoms with Gasteiger partial charge in [0.1, 0.15) is 0 Å². The van der Waals surface area contributed by atoms with E-state index in [0.29, 0.717) is 6.54 Å². The van der Waals surface area contributed by atoms with E-state index >= 15 is 0 Å². The molecule has 4 rings (SSSR count). The van der Waals surface area contributed by atoms with Gasteiger partial charge in [-0.3, -0.25) is 14.9 Å². The number of hydrogen-bond acceptors (Lipinski definition) is 6. The lowest BCUT2D eigenvalue weighted by Gasteiger charge is -2.28. The van der Waals surface area contributed by atoms with Gasteiger partial charge in [0.25, 0.3) is 5.91 Å². The van der Waals surface area contributed by atoms with E-state index in [-0.39, 0.29) is 12.6 Å². The number of aryl methyl sites for hydroxylation is 1. The Balaban J connectivity index is 1.47. The molecule has 162 valence electrons. The highest BCUT2D eigenvalue weighted by Gasteiger charge is 2.27. The summed E-state index contributed by atoms with van der Waals surface area (Å²) in [5.41, 5.74) is 6.02. The van der Waals surface area contributed by atoms with Crippen molar-refractivity contribution in [2.75, 3.05) is 19.7 Å². The topological polar surface area (TPSA) is 85.7 Å². The van der Waals surface area contributed by atoms with Crippen LogP contribution in [-0.2, 0) is 17.6 Å². The third kappa shape index (κ3) is 5.14. The van der Waals surface area contributed by atoms with Gasteiger partial charge in [-0.15, -0.1) is 11.3 Å². The first-order chi connectivity index (χ1) is 15.1. The van der Waals surface area contributed by atoms with Gasteiger partial charge in [-0.25, -0.2) is 10.5 Å². The molecular weight excluding hydrogens is 434 g/mol. The Kier molecular flexibility index (Phi) is 6.99. The molecule has 1 aliphatic carbocycles. The molecule has 3 N–H and O–H groups in total. The van der Waals surface area contributed by atoms with E-state index in [0.717, 1.165) is 51.6 Å². The Bertz CT molecular complexity index is 1110. The summed E-state index contributed by atoms with van der Waals surface area (Å²) in [6.45, 7) is 1.54. The van der Waals surface area contributed by atoms with Crippen LogP contribution in [-0.4, -0.2) is 45.8 Å². The monoisotopic (exact) mass is 457 g/mol. The molecule has 1 atom stereocenters. The van der Waals surface area contributed by atoms with Gasteiger partial charge in [-0.2, -0.15) is 0 Å². The first kappa shape index (κ1) is 21.9. The molecular formula is C23H24ClN3O3S. The molecule has 1 aliphatic rings. The van der Waals surface area contributed by atoms with Crippen LogP contribution in [0.25, 0.3) is 16.3 Å². The normalized spacial score (nSPS) is 15.8. The second-order valence-electron chi connectivity index (χ2n) is 7.55. The molecule has 0 radical (unpaired) electrons. The number of nitrogens with one attached hydrogen (secondary N) is 1. The van der Waals surface area contributed by atoms with Gasteiger partial charge in [-0.1, -0.05) is 29.8 Å². The van der Waals surface area contributed by atoms with Gasteiger partial charge in [-0.05, 0) is 53.8 Å². The lowest BCUT2D eigenvalue weighted by atomic mass is 10.0. The minimum atomic E-state index is -0.551. The Labute approximate surface area is 189 Å². The van der Waals surface area contributed by atoms with E-state index in [2.05, 4.69) is 17.0 Å². The fourth-order valence-electron chi connectivity index (χ4n) is 4.15. The molecule has 1 amide bonds. The molecule has 3 aromatic rings. The predicted octanol–water partition coefficient (Wildman–Crippen LogP) is 3.99. The smallest absolute Gasteiger partial charge is 0.267 e. The molecule has 0 spiro atoms. The minimum absolute atomic E-state index is 0.110. The minimum Gasteiger partial charge on any atom is -0.395 e. The van der Waals surface area contributed by atoms with E-state index < -0.39 is 5.91 Å². The average Bonchev–Trinajstić information content (AvgIpc) is 3.37. The van der Waals surface area contributed by atoms with Gasteiger partial charge >= 0.3 is 0 Å². The second kappa shape index (κ2) is 9.89. The van der Waals surface area contributed by atoms with Crippen molar-refractivity contribution < 1.29 is 15.1 Å². The van der Waals surface area contributed by atoms with Gasteiger partial charge in [0, 0.05) is 36.7 Å². The van der Waals surface area contributed by atoms with E-state index in [1.54, 1.807) is 22.9 Å². The number of thiazole rings is 1. The summed E-state index contributed by atoms with van der Waals surface area (Å²) >= 11 is 7.76. The zero-order valence-corrected chi connectivity index (χ0v) is 18.5. The number of amides is 1. The summed E-state index contributed by atoms with van der Waals surface area (Å²) in [6, 6.07) is 12.2. The highest BCUT2D eigenvalue weighted by Crippen LogP contribution is 2.36. The molecule has 2 aromatic carbocycles. The molecule has 0 saturated heterocycles. The van der Waals surface area contributed by atoms with Gasteiger partial charge in [0.15, 0.2) is 0 Å². The summed E-state index contributed by atoms with van der Waals surface area (Å²) in [6.07, 6.45) is 5.76. The maximum Gasteiger partial charge on any atom is 0.267 e. The van der Waals surface area contributed by atoms with Crippen LogP contribution in [0.5, 0.6) is 0 Å². The molecule has 0 aliphatic heterocycles. The zero-order valence-electron chi connectivity index (χ0n) is 16.9. The highest BCUT2D eigenvalue weighted by atomic mass is 35.5. The lowest BCUT2D eigenvalue weighted by molar-refractivity contribution is -0.124. The summed E-state index contributed by atoms with van der Waals surface area (Å²) in [5, 5.41) is 20.0. The summed E-state index contributed by atoms with van der Waals surface area (Å²) in [5.74, 6) is -0.551. The standard InChI is InChI=1S/C23H24ClN3O3S/c24-17-4-6-19-21(14-17)31-23(25-19)9-10-27(11-12-28)20-7-3-16-13-15(1-5-18(16)20)2-8-22(29)26-30/h1-2,4-6,8,13-14,20,28,30H,3,7,9-12H2,(H,26,29)/b8-2+. The highest BCUT2D eigenvalue weighted by molar-refractivity contribution is 7.18. The Morgan fingerprint density at radius 1 is 1.29 bits per heavy atom. The quantitative estimate of drug-likeness (QED) is 0.270. The Hall–Kier alpha value is -2.29.